The zero-order chi connectivity index (χ0) is 16.1. The van der Waals surface area contributed by atoms with Crippen molar-refractivity contribution in [2.45, 2.75) is 70.6 Å². The molecule has 1 aromatic heterocycles. The Morgan fingerprint density at radius 3 is 2.59 bits per heavy atom. The predicted octanol–water partition coefficient (Wildman–Crippen LogP) is 3.36. The van der Waals surface area contributed by atoms with Gasteiger partial charge in [0, 0.05) is 29.2 Å². The number of ketones is 1. The smallest absolute Gasteiger partial charge is 0.219 e. The molecule has 0 bridgehead atoms. The molecule has 0 saturated heterocycles. The fraction of sp³-hybridized carbons (Fsp3) is 0.722. The van der Waals surface area contributed by atoms with E-state index in [4.69, 9.17) is 9.72 Å². The maximum Gasteiger partial charge on any atom is 0.219 e. The molecule has 3 rings (SSSR count). The van der Waals surface area contributed by atoms with Crippen LogP contribution in [0.25, 0.3) is 0 Å². The van der Waals surface area contributed by atoms with E-state index in [1.807, 2.05) is 0 Å². The summed E-state index contributed by atoms with van der Waals surface area (Å²) in [6.45, 7) is 8.66. The highest BCUT2D eigenvalue weighted by atomic mass is 16.5. The van der Waals surface area contributed by atoms with Crippen molar-refractivity contribution in [2.75, 3.05) is 7.11 Å². The van der Waals surface area contributed by atoms with Crippen molar-refractivity contribution in [2.24, 2.45) is 5.92 Å². The van der Waals surface area contributed by atoms with Crippen LogP contribution in [0.4, 0.5) is 0 Å². The van der Waals surface area contributed by atoms with Gasteiger partial charge in [0.05, 0.1) is 12.8 Å². The van der Waals surface area contributed by atoms with Crippen LogP contribution < -0.4 is 4.74 Å². The van der Waals surface area contributed by atoms with E-state index in [2.05, 4.69) is 32.7 Å². The number of methoxy groups -OCH3 is 1. The molecule has 0 spiro atoms. The molecule has 0 aromatic carbocycles. The highest BCUT2D eigenvalue weighted by molar-refractivity contribution is 5.80. The van der Waals surface area contributed by atoms with Gasteiger partial charge in [0.15, 0.2) is 0 Å². The lowest BCUT2D eigenvalue weighted by Gasteiger charge is -2.45. The molecule has 2 aliphatic carbocycles. The number of hydrogen-bond acceptors (Lipinski definition) is 4. The fourth-order valence-corrected chi connectivity index (χ4v) is 3.92. The quantitative estimate of drug-likeness (QED) is 0.798. The molecule has 1 saturated carbocycles. The number of nitrogens with zero attached hydrogens (tertiary/aromatic N) is 2. The fourth-order valence-electron chi connectivity index (χ4n) is 3.92. The molecule has 2 atom stereocenters. The number of carbonyl (C=O) groups is 1. The lowest BCUT2D eigenvalue weighted by atomic mass is 9.60. The van der Waals surface area contributed by atoms with Crippen LogP contribution in [0.2, 0.25) is 0 Å². The van der Waals surface area contributed by atoms with Gasteiger partial charge in [-0.05, 0) is 25.2 Å². The highest BCUT2D eigenvalue weighted by Gasteiger charge is 2.46. The maximum absolute atomic E-state index is 11.9. The first-order valence-corrected chi connectivity index (χ1v) is 8.23. The molecule has 1 heterocycles. The predicted molar refractivity (Wildman–Crippen MR) is 85.3 cm³/mol. The first kappa shape index (κ1) is 15.4. The van der Waals surface area contributed by atoms with Crippen LogP contribution in [0.3, 0.4) is 0 Å². The van der Waals surface area contributed by atoms with E-state index in [1.165, 1.54) is 0 Å². The molecule has 2 aliphatic rings. The van der Waals surface area contributed by atoms with Crippen molar-refractivity contribution < 1.29 is 9.53 Å². The number of rotatable bonds is 1. The molecular formula is C18H26N2O2. The Kier molecular flexibility index (Phi) is 3.54. The standard InChI is InChI=1S/C18H26N2O2/c1-17(2,3)16-19-14-13(15(20-16)22-5)7-6-11-10-12(21)8-9-18(11,14)4/h11H,6-10H2,1-5H3. The van der Waals surface area contributed by atoms with Gasteiger partial charge < -0.3 is 4.74 Å². The second-order valence-electron chi connectivity index (χ2n) is 8.03. The van der Waals surface area contributed by atoms with Gasteiger partial charge in [0.2, 0.25) is 5.88 Å². The number of ether oxygens (including phenoxy) is 1. The van der Waals surface area contributed by atoms with E-state index in [0.29, 0.717) is 24.5 Å². The molecule has 22 heavy (non-hydrogen) atoms. The van der Waals surface area contributed by atoms with Crippen molar-refractivity contribution in [3.63, 3.8) is 0 Å². The Balaban J connectivity index is 2.17. The SMILES string of the molecule is COc1nc(C(C)(C)C)nc2c1CCC1CC(=O)CCC21C. The van der Waals surface area contributed by atoms with Gasteiger partial charge in [-0.2, -0.15) is 4.98 Å². The summed E-state index contributed by atoms with van der Waals surface area (Å²) in [6, 6.07) is 0. The zero-order valence-electron chi connectivity index (χ0n) is 14.3. The van der Waals surface area contributed by atoms with E-state index in [9.17, 15) is 4.79 Å². The van der Waals surface area contributed by atoms with E-state index in [1.54, 1.807) is 7.11 Å². The van der Waals surface area contributed by atoms with Crippen LogP contribution in [0, 0.1) is 5.92 Å². The Labute approximate surface area is 132 Å². The van der Waals surface area contributed by atoms with Crippen LogP contribution in [-0.2, 0) is 22.0 Å². The Bertz CT molecular complexity index is 618. The topological polar surface area (TPSA) is 52.1 Å². The first-order chi connectivity index (χ1) is 10.3. The molecule has 4 nitrogen and oxygen atoms in total. The van der Waals surface area contributed by atoms with Gasteiger partial charge in [0.25, 0.3) is 0 Å². The number of carbonyl (C=O) groups excluding carboxylic acids is 1. The van der Waals surface area contributed by atoms with Crippen molar-refractivity contribution in [3.8, 4) is 5.88 Å². The molecule has 0 aliphatic heterocycles. The average molecular weight is 302 g/mol. The lowest BCUT2D eigenvalue weighted by Crippen LogP contribution is -2.43. The van der Waals surface area contributed by atoms with E-state index >= 15 is 0 Å². The van der Waals surface area contributed by atoms with Gasteiger partial charge >= 0.3 is 0 Å². The molecule has 2 unspecified atom stereocenters. The van der Waals surface area contributed by atoms with E-state index in [0.717, 1.165) is 42.2 Å². The minimum atomic E-state index is -0.115. The number of Topliss-reactive ketones (excluding diaryl/α,β-unsaturated/α-hetero) is 1. The minimum Gasteiger partial charge on any atom is -0.481 e. The molecule has 1 fully saturated rings. The molecular weight excluding hydrogens is 276 g/mol. The molecule has 4 heteroatoms. The highest BCUT2D eigenvalue weighted by Crippen LogP contribution is 2.50. The van der Waals surface area contributed by atoms with Gasteiger partial charge in [-0.15, -0.1) is 0 Å². The third-order valence-corrected chi connectivity index (χ3v) is 5.42. The second kappa shape index (κ2) is 5.04. The minimum absolute atomic E-state index is 0.0162. The van der Waals surface area contributed by atoms with Crippen molar-refractivity contribution in [1.29, 1.82) is 0 Å². The number of fused-ring (bicyclic) bond motifs is 3. The summed E-state index contributed by atoms with van der Waals surface area (Å²) < 4.78 is 5.58. The largest absolute Gasteiger partial charge is 0.481 e. The van der Waals surface area contributed by atoms with E-state index < -0.39 is 0 Å². The number of hydrogen-bond donors (Lipinski definition) is 0. The Morgan fingerprint density at radius 1 is 1.23 bits per heavy atom. The van der Waals surface area contributed by atoms with Crippen molar-refractivity contribution in [3.05, 3.63) is 17.1 Å². The molecule has 0 amide bonds. The first-order valence-electron chi connectivity index (χ1n) is 8.23. The van der Waals surface area contributed by atoms with Crippen molar-refractivity contribution in [1.82, 2.24) is 9.97 Å². The summed E-state index contributed by atoms with van der Waals surface area (Å²) in [4.78, 5) is 21.5. The van der Waals surface area contributed by atoms with Crippen LogP contribution >= 0.6 is 0 Å². The van der Waals surface area contributed by atoms with Crippen LogP contribution in [0.15, 0.2) is 0 Å². The average Bonchev–Trinajstić information content (AvgIpc) is 2.46. The third kappa shape index (κ3) is 2.33. The van der Waals surface area contributed by atoms with Gasteiger partial charge in [-0.1, -0.05) is 27.7 Å². The van der Waals surface area contributed by atoms with Gasteiger partial charge in [-0.3, -0.25) is 4.79 Å². The van der Waals surface area contributed by atoms with Crippen LogP contribution in [0.5, 0.6) is 5.88 Å². The van der Waals surface area contributed by atoms with Crippen molar-refractivity contribution >= 4 is 5.78 Å². The zero-order valence-corrected chi connectivity index (χ0v) is 14.3. The van der Waals surface area contributed by atoms with Crippen LogP contribution in [-0.4, -0.2) is 22.9 Å². The monoisotopic (exact) mass is 302 g/mol. The summed E-state index contributed by atoms with van der Waals surface area (Å²) >= 11 is 0. The van der Waals surface area contributed by atoms with Gasteiger partial charge in [0.1, 0.15) is 11.6 Å². The second-order valence-corrected chi connectivity index (χ2v) is 8.03. The Morgan fingerprint density at radius 2 is 1.95 bits per heavy atom. The molecule has 120 valence electrons. The summed E-state index contributed by atoms with van der Waals surface area (Å²) in [5.41, 5.74) is 2.16. The molecule has 0 radical (unpaired) electrons. The van der Waals surface area contributed by atoms with E-state index in [-0.39, 0.29) is 10.8 Å². The van der Waals surface area contributed by atoms with Crippen LogP contribution in [0.1, 0.15) is 70.5 Å². The molecule has 1 aromatic rings. The Hall–Kier alpha value is -1.45. The summed E-state index contributed by atoms with van der Waals surface area (Å²) in [5, 5.41) is 0. The summed E-state index contributed by atoms with van der Waals surface area (Å²) in [5.74, 6) is 2.38. The third-order valence-electron chi connectivity index (χ3n) is 5.42. The summed E-state index contributed by atoms with van der Waals surface area (Å²) in [7, 11) is 1.69. The number of aromatic nitrogens is 2. The maximum atomic E-state index is 11.9. The lowest BCUT2D eigenvalue weighted by molar-refractivity contribution is -0.123. The molecule has 0 N–H and O–H groups in total. The summed E-state index contributed by atoms with van der Waals surface area (Å²) in [6.07, 6.45) is 4.21. The normalized spacial score (nSPS) is 28.0. The van der Waals surface area contributed by atoms with Gasteiger partial charge in [-0.25, -0.2) is 4.98 Å².